The van der Waals surface area contributed by atoms with Crippen molar-refractivity contribution < 1.29 is 37.3 Å². The van der Waals surface area contributed by atoms with Gasteiger partial charge in [-0.25, -0.2) is 14.6 Å². The molecule has 1 N–H and O–H groups in total. The van der Waals surface area contributed by atoms with Gasteiger partial charge in [-0.05, 0) is 80.3 Å². The number of aromatic carboxylic acids is 1. The number of rotatable bonds is 7. The lowest BCUT2D eigenvalue weighted by atomic mass is 9.93. The molecule has 228 valence electrons. The van der Waals surface area contributed by atoms with E-state index in [1.165, 1.54) is 11.0 Å². The molecule has 1 fully saturated rings. The van der Waals surface area contributed by atoms with Crippen LogP contribution in [0.3, 0.4) is 0 Å². The monoisotopic (exact) mass is 604 g/mol. The number of aryl methyl sites for hydroxylation is 3. The van der Waals surface area contributed by atoms with Crippen LogP contribution in [0.25, 0.3) is 22.3 Å². The van der Waals surface area contributed by atoms with Crippen molar-refractivity contribution >= 4 is 12.1 Å². The van der Waals surface area contributed by atoms with Crippen molar-refractivity contribution in [2.24, 2.45) is 0 Å². The average molecular weight is 605 g/mol. The van der Waals surface area contributed by atoms with Gasteiger partial charge < -0.3 is 14.6 Å². The highest BCUT2D eigenvalue weighted by molar-refractivity contribution is 5.87. The van der Waals surface area contributed by atoms with E-state index in [1.807, 2.05) is 43.3 Å². The molecule has 3 aromatic carbocycles. The molecule has 2 atom stereocenters. The molecule has 1 aliphatic heterocycles. The number of alkyl halides is 3. The molecule has 0 unspecified atom stereocenters. The summed E-state index contributed by atoms with van der Waals surface area (Å²) in [7, 11) is 1.56. The number of amides is 1. The fraction of sp³-hybridized carbons (Fsp3) is 0.265. The van der Waals surface area contributed by atoms with Crippen LogP contribution < -0.4 is 4.74 Å². The minimum atomic E-state index is -4.52. The second-order valence-corrected chi connectivity index (χ2v) is 11.0. The Morgan fingerprint density at radius 1 is 0.955 bits per heavy atom. The van der Waals surface area contributed by atoms with E-state index in [0.29, 0.717) is 17.0 Å². The highest BCUT2D eigenvalue weighted by Gasteiger charge is 2.41. The molecular formula is C34H31F3N2O5. The number of carboxylic acid groups (broad SMARTS) is 1. The van der Waals surface area contributed by atoms with Gasteiger partial charge in [-0.15, -0.1) is 0 Å². The predicted molar refractivity (Wildman–Crippen MR) is 159 cm³/mol. The molecule has 1 aliphatic rings. The SMILES string of the molecule is COc1ccc(-c2ccc(C(=O)O)nc2C)cc1-c1ccc(C)cc1CN1C(=O)O[C@H](c2cc(C)cc(C(F)(F)F)c2)[C@@H]1C. The van der Waals surface area contributed by atoms with Crippen molar-refractivity contribution in [1.82, 2.24) is 9.88 Å². The van der Waals surface area contributed by atoms with Gasteiger partial charge >= 0.3 is 18.2 Å². The molecule has 0 spiro atoms. The molecule has 7 nitrogen and oxygen atoms in total. The zero-order valence-electron chi connectivity index (χ0n) is 24.8. The fourth-order valence-corrected chi connectivity index (χ4v) is 5.67. The number of pyridine rings is 1. The van der Waals surface area contributed by atoms with Crippen molar-refractivity contribution in [3.05, 3.63) is 106 Å². The van der Waals surface area contributed by atoms with E-state index in [2.05, 4.69) is 4.98 Å². The van der Waals surface area contributed by atoms with Gasteiger partial charge in [0.25, 0.3) is 0 Å². The van der Waals surface area contributed by atoms with Gasteiger partial charge in [-0.3, -0.25) is 4.90 Å². The van der Waals surface area contributed by atoms with Crippen LogP contribution in [0.2, 0.25) is 0 Å². The third-order valence-corrected chi connectivity index (χ3v) is 7.85. The number of carbonyl (C=O) groups excluding carboxylic acids is 1. The first-order chi connectivity index (χ1) is 20.8. The van der Waals surface area contributed by atoms with Crippen molar-refractivity contribution in [1.29, 1.82) is 0 Å². The number of cyclic esters (lactones) is 1. The largest absolute Gasteiger partial charge is 0.496 e. The first kappa shape index (κ1) is 30.6. The molecule has 0 saturated carbocycles. The molecular weight excluding hydrogens is 573 g/mol. The molecule has 1 aromatic heterocycles. The summed E-state index contributed by atoms with van der Waals surface area (Å²) in [6.45, 7) is 7.16. The number of methoxy groups -OCH3 is 1. The zero-order chi connectivity index (χ0) is 31.9. The van der Waals surface area contributed by atoms with Gasteiger partial charge in [0.1, 0.15) is 17.5 Å². The third kappa shape index (κ3) is 5.97. The van der Waals surface area contributed by atoms with E-state index < -0.39 is 35.9 Å². The summed E-state index contributed by atoms with van der Waals surface area (Å²) < 4.78 is 51.9. The van der Waals surface area contributed by atoms with Crippen LogP contribution in [-0.2, 0) is 17.5 Å². The minimum absolute atomic E-state index is 0.0500. The molecule has 5 rings (SSSR count). The summed E-state index contributed by atoms with van der Waals surface area (Å²) >= 11 is 0. The second kappa shape index (κ2) is 11.7. The lowest BCUT2D eigenvalue weighted by molar-refractivity contribution is -0.137. The van der Waals surface area contributed by atoms with Gasteiger partial charge in [-0.2, -0.15) is 13.2 Å². The number of aromatic nitrogens is 1. The fourth-order valence-electron chi connectivity index (χ4n) is 5.67. The summed E-state index contributed by atoms with van der Waals surface area (Å²) in [5.41, 5.74) is 5.25. The maximum atomic E-state index is 13.5. The normalized spacial score (nSPS) is 16.6. The zero-order valence-corrected chi connectivity index (χ0v) is 24.8. The maximum absolute atomic E-state index is 13.5. The topological polar surface area (TPSA) is 89.0 Å². The maximum Gasteiger partial charge on any atom is 0.416 e. The number of nitrogens with zero attached hydrogens (tertiary/aromatic N) is 2. The van der Waals surface area contributed by atoms with Crippen molar-refractivity contribution in [3.63, 3.8) is 0 Å². The van der Waals surface area contributed by atoms with Crippen LogP contribution in [0.5, 0.6) is 5.75 Å². The number of hydrogen-bond donors (Lipinski definition) is 1. The van der Waals surface area contributed by atoms with E-state index in [4.69, 9.17) is 9.47 Å². The van der Waals surface area contributed by atoms with Gasteiger partial charge in [0.05, 0.1) is 25.3 Å². The van der Waals surface area contributed by atoms with Crippen molar-refractivity contribution in [2.45, 2.75) is 52.6 Å². The summed E-state index contributed by atoms with van der Waals surface area (Å²) in [6, 6.07) is 17.8. The quantitative estimate of drug-likeness (QED) is 0.229. The second-order valence-electron chi connectivity index (χ2n) is 11.0. The summed E-state index contributed by atoms with van der Waals surface area (Å²) in [6.07, 6.45) is -6.02. The Kier molecular flexibility index (Phi) is 8.11. The van der Waals surface area contributed by atoms with Crippen LogP contribution in [0.15, 0.2) is 66.7 Å². The van der Waals surface area contributed by atoms with Gasteiger partial charge in [0.15, 0.2) is 0 Å². The molecule has 0 aliphatic carbocycles. The first-order valence-electron chi connectivity index (χ1n) is 13.9. The Morgan fingerprint density at radius 2 is 1.68 bits per heavy atom. The standard InChI is InChI=1S/C34H31F3N2O5/c1-18-6-8-27(28-16-22(7-11-30(28)43-5)26-9-10-29(32(40)41)38-20(26)3)24(12-18)17-39-21(4)31(44-33(39)42)23-13-19(2)14-25(15-23)34(35,36)37/h6-16,21,31H,17H2,1-5H3,(H,40,41)/t21-,31-/m0/s1. The molecule has 0 bridgehead atoms. The van der Waals surface area contributed by atoms with E-state index in [0.717, 1.165) is 45.5 Å². The van der Waals surface area contributed by atoms with E-state index in [-0.39, 0.29) is 17.8 Å². The summed E-state index contributed by atoms with van der Waals surface area (Å²) in [5.74, 6) is -0.527. The van der Waals surface area contributed by atoms with Crippen LogP contribution in [0.4, 0.5) is 18.0 Å². The number of carboxylic acids is 1. The first-order valence-corrected chi connectivity index (χ1v) is 13.9. The molecule has 44 heavy (non-hydrogen) atoms. The Morgan fingerprint density at radius 3 is 2.34 bits per heavy atom. The molecule has 2 heterocycles. The van der Waals surface area contributed by atoms with Crippen molar-refractivity contribution in [2.75, 3.05) is 7.11 Å². The summed E-state index contributed by atoms with van der Waals surface area (Å²) in [5, 5.41) is 9.32. The van der Waals surface area contributed by atoms with Gasteiger partial charge in [0, 0.05) is 16.8 Å². The van der Waals surface area contributed by atoms with Crippen LogP contribution in [0, 0.1) is 20.8 Å². The molecule has 4 aromatic rings. The Bertz CT molecular complexity index is 1770. The van der Waals surface area contributed by atoms with Gasteiger partial charge in [-0.1, -0.05) is 47.5 Å². The Balaban J connectivity index is 1.52. The number of ether oxygens (including phenoxy) is 2. The predicted octanol–water partition coefficient (Wildman–Crippen LogP) is 8.15. The van der Waals surface area contributed by atoms with E-state index in [9.17, 15) is 27.9 Å². The highest BCUT2D eigenvalue weighted by Crippen LogP contribution is 2.41. The number of benzene rings is 3. The van der Waals surface area contributed by atoms with E-state index in [1.54, 1.807) is 40.0 Å². The van der Waals surface area contributed by atoms with Crippen molar-refractivity contribution in [3.8, 4) is 28.0 Å². The minimum Gasteiger partial charge on any atom is -0.496 e. The highest BCUT2D eigenvalue weighted by atomic mass is 19.4. The van der Waals surface area contributed by atoms with Crippen LogP contribution >= 0.6 is 0 Å². The Labute approximate surface area is 252 Å². The Hall–Kier alpha value is -4.86. The average Bonchev–Trinajstić information content (AvgIpc) is 3.24. The number of halogens is 3. The smallest absolute Gasteiger partial charge is 0.416 e. The molecule has 10 heteroatoms. The van der Waals surface area contributed by atoms with Crippen LogP contribution in [0.1, 0.15) is 57.0 Å². The summed E-state index contributed by atoms with van der Waals surface area (Å²) in [4.78, 5) is 30.3. The number of carbonyl (C=O) groups is 2. The number of hydrogen-bond acceptors (Lipinski definition) is 5. The van der Waals surface area contributed by atoms with E-state index >= 15 is 0 Å². The van der Waals surface area contributed by atoms with Gasteiger partial charge in [0.2, 0.25) is 0 Å². The lowest BCUT2D eigenvalue weighted by Gasteiger charge is -2.24. The lowest BCUT2D eigenvalue weighted by Crippen LogP contribution is -2.31. The molecule has 1 amide bonds. The molecule has 1 saturated heterocycles. The van der Waals surface area contributed by atoms with Crippen LogP contribution in [-0.4, -0.2) is 40.2 Å². The molecule has 0 radical (unpaired) electrons. The third-order valence-electron chi connectivity index (χ3n) is 7.85.